The van der Waals surface area contributed by atoms with Crippen molar-refractivity contribution in [3.05, 3.63) is 63.4 Å². The van der Waals surface area contributed by atoms with Crippen molar-refractivity contribution < 1.29 is 19.1 Å². The van der Waals surface area contributed by atoms with Crippen LogP contribution in [0.25, 0.3) is 0 Å². The molecule has 5 rings (SSSR count). The number of fused-ring (bicyclic) bond motifs is 3. The maximum Gasteiger partial charge on any atom is 0.245 e. The number of anilines is 1. The van der Waals surface area contributed by atoms with Crippen LogP contribution in [0.5, 0.6) is 0 Å². The van der Waals surface area contributed by atoms with Crippen molar-refractivity contribution in [1.29, 1.82) is 0 Å². The van der Waals surface area contributed by atoms with Gasteiger partial charge >= 0.3 is 0 Å². The quantitative estimate of drug-likeness (QED) is 0.427. The van der Waals surface area contributed by atoms with Crippen LogP contribution < -0.4 is 16.0 Å². The van der Waals surface area contributed by atoms with E-state index in [0.29, 0.717) is 35.5 Å². The van der Waals surface area contributed by atoms with Crippen molar-refractivity contribution in [2.24, 2.45) is 5.41 Å². The Morgan fingerprint density at radius 2 is 1.86 bits per heavy atom. The number of nitrogens with one attached hydrogen (secondary N) is 3. The molecule has 2 heterocycles. The predicted octanol–water partition coefficient (Wildman–Crippen LogP) is 5.13. The summed E-state index contributed by atoms with van der Waals surface area (Å²) in [6.45, 7) is 7.87. The third-order valence-corrected chi connectivity index (χ3v) is 8.20. The lowest BCUT2D eigenvalue weighted by molar-refractivity contribution is -0.127. The molecule has 3 aliphatic rings. The smallest absolute Gasteiger partial charge is 0.245 e. The van der Waals surface area contributed by atoms with Crippen molar-refractivity contribution in [3.8, 4) is 0 Å². The summed E-state index contributed by atoms with van der Waals surface area (Å²) in [6, 6.07) is 8.60. The van der Waals surface area contributed by atoms with E-state index in [4.69, 9.17) is 23.2 Å². The third kappa shape index (κ3) is 4.87. The minimum atomic E-state index is -1.14. The Labute approximate surface area is 226 Å². The van der Waals surface area contributed by atoms with E-state index in [-0.39, 0.29) is 28.3 Å². The van der Waals surface area contributed by atoms with E-state index in [1.165, 1.54) is 12.1 Å². The van der Waals surface area contributed by atoms with Gasteiger partial charge in [-0.05, 0) is 73.1 Å². The lowest BCUT2D eigenvalue weighted by atomic mass is 9.64. The number of aliphatic hydroxyl groups is 1. The Kier molecular flexibility index (Phi) is 6.38. The van der Waals surface area contributed by atoms with Gasteiger partial charge < -0.3 is 15.7 Å². The second kappa shape index (κ2) is 8.94. The molecule has 0 bridgehead atoms. The highest BCUT2D eigenvalue weighted by molar-refractivity contribution is 6.31. The van der Waals surface area contributed by atoms with Gasteiger partial charge in [0.15, 0.2) is 0 Å². The molecule has 4 atom stereocenters. The summed E-state index contributed by atoms with van der Waals surface area (Å²) < 4.78 is 14.7. The minimum absolute atomic E-state index is 0.179. The molecule has 0 radical (unpaired) electrons. The molecule has 0 spiro atoms. The lowest BCUT2D eigenvalue weighted by Gasteiger charge is -2.44. The molecular weight excluding hydrogens is 516 g/mol. The monoisotopic (exact) mass is 547 g/mol. The molecular formula is C28H32Cl2FN3O3. The fourth-order valence-electron chi connectivity index (χ4n) is 6.62. The second-order valence-corrected chi connectivity index (χ2v) is 13.2. The molecule has 1 saturated carbocycles. The Hall–Kier alpha value is -2.19. The molecule has 198 valence electrons. The van der Waals surface area contributed by atoms with Crippen molar-refractivity contribution in [1.82, 2.24) is 10.6 Å². The van der Waals surface area contributed by atoms with Crippen molar-refractivity contribution in [2.75, 3.05) is 5.32 Å². The zero-order valence-electron chi connectivity index (χ0n) is 21.3. The normalized spacial score (nSPS) is 32.7. The summed E-state index contributed by atoms with van der Waals surface area (Å²) in [5.41, 5.74) is -0.291. The van der Waals surface area contributed by atoms with E-state index >= 15 is 0 Å². The van der Waals surface area contributed by atoms with E-state index in [9.17, 15) is 19.1 Å². The van der Waals surface area contributed by atoms with Gasteiger partial charge in [-0.1, -0.05) is 50.0 Å². The Morgan fingerprint density at radius 3 is 2.49 bits per heavy atom. The maximum absolute atomic E-state index is 14.7. The van der Waals surface area contributed by atoms with Gasteiger partial charge in [0.05, 0.1) is 11.6 Å². The molecule has 1 saturated heterocycles. The van der Waals surface area contributed by atoms with Crippen LogP contribution >= 0.6 is 23.2 Å². The van der Waals surface area contributed by atoms with E-state index in [1.54, 1.807) is 25.1 Å². The first-order valence-corrected chi connectivity index (χ1v) is 13.3. The van der Waals surface area contributed by atoms with Crippen LogP contribution in [0, 0.1) is 11.2 Å². The molecule has 6 nitrogen and oxygen atoms in total. The van der Waals surface area contributed by atoms with Gasteiger partial charge in [0.2, 0.25) is 11.8 Å². The highest BCUT2D eigenvalue weighted by Crippen LogP contribution is 2.56. The van der Waals surface area contributed by atoms with Gasteiger partial charge in [-0.3, -0.25) is 14.9 Å². The van der Waals surface area contributed by atoms with Crippen LogP contribution in [-0.4, -0.2) is 40.1 Å². The van der Waals surface area contributed by atoms with Gasteiger partial charge in [-0.2, -0.15) is 0 Å². The number of hydrogen-bond acceptors (Lipinski definition) is 4. The topological polar surface area (TPSA) is 90.5 Å². The number of rotatable bonds is 4. The molecule has 2 amide bonds. The number of benzene rings is 2. The molecule has 2 fully saturated rings. The van der Waals surface area contributed by atoms with Gasteiger partial charge in [0, 0.05) is 33.6 Å². The van der Waals surface area contributed by atoms with Gasteiger partial charge in [-0.15, -0.1) is 0 Å². The van der Waals surface area contributed by atoms with Crippen LogP contribution in [-0.2, 0) is 9.59 Å². The Morgan fingerprint density at radius 1 is 1.16 bits per heavy atom. The van der Waals surface area contributed by atoms with Crippen LogP contribution in [0.3, 0.4) is 0 Å². The molecule has 0 aromatic heterocycles. The standard InChI is InChI=1S/C28H32Cl2FN3O3/c1-26(2,3)13-28-22(19-6-5-15(29)10-20(19)33-25(28)36)21(14-7-16(30)9-17(31)8-14)23(34-28)24(35)32-18-11-27(4,37)12-18/h5-10,18,21-23,34,37H,11-13H2,1-4H3,(H,32,35)(H,33,36). The number of carbonyl (C=O) groups excluding carboxylic acids is 2. The minimum Gasteiger partial charge on any atom is -0.390 e. The van der Waals surface area contributed by atoms with Crippen LogP contribution in [0.2, 0.25) is 10.0 Å². The molecule has 37 heavy (non-hydrogen) atoms. The fourth-order valence-corrected chi connectivity index (χ4v) is 7.02. The second-order valence-electron chi connectivity index (χ2n) is 12.3. The zero-order valence-corrected chi connectivity index (χ0v) is 22.8. The average Bonchev–Trinajstić information content (AvgIpc) is 3.07. The number of hydrogen-bond donors (Lipinski definition) is 4. The summed E-state index contributed by atoms with van der Waals surface area (Å²) in [5, 5.41) is 20.4. The van der Waals surface area contributed by atoms with Crippen molar-refractivity contribution >= 4 is 40.7 Å². The Bertz CT molecular complexity index is 1250. The lowest BCUT2D eigenvalue weighted by Crippen LogP contribution is -2.61. The predicted molar refractivity (Wildman–Crippen MR) is 142 cm³/mol. The molecule has 4 N–H and O–H groups in total. The molecule has 9 heteroatoms. The van der Waals surface area contributed by atoms with Gasteiger partial charge in [-0.25, -0.2) is 4.39 Å². The molecule has 1 aliphatic carbocycles. The van der Waals surface area contributed by atoms with Crippen LogP contribution in [0.15, 0.2) is 36.4 Å². The third-order valence-electron chi connectivity index (χ3n) is 7.75. The van der Waals surface area contributed by atoms with E-state index in [2.05, 4.69) is 16.0 Å². The molecule has 2 aromatic rings. The SMILES string of the molecule is CC(C)(C)CC12NC(C(=O)NC3CC(C)(O)C3)C(c3cc(F)cc(Cl)c3)C1c1ccc(Cl)cc1NC2=O. The zero-order chi connectivity index (χ0) is 26.9. The number of halogens is 3. The first-order valence-electron chi connectivity index (χ1n) is 12.5. The summed E-state index contributed by atoms with van der Waals surface area (Å²) in [7, 11) is 0. The van der Waals surface area contributed by atoms with Gasteiger partial charge in [0.1, 0.15) is 11.4 Å². The highest BCUT2D eigenvalue weighted by Gasteiger charge is 2.63. The first-order chi connectivity index (χ1) is 17.2. The summed E-state index contributed by atoms with van der Waals surface area (Å²) in [4.78, 5) is 27.7. The van der Waals surface area contributed by atoms with Crippen molar-refractivity contribution in [3.63, 3.8) is 0 Å². The van der Waals surface area contributed by atoms with Crippen LogP contribution in [0.4, 0.5) is 10.1 Å². The largest absolute Gasteiger partial charge is 0.390 e. The Balaban J connectivity index is 1.67. The van der Waals surface area contributed by atoms with Gasteiger partial charge in [0.25, 0.3) is 0 Å². The summed E-state index contributed by atoms with van der Waals surface area (Å²) >= 11 is 12.6. The fraction of sp³-hybridized carbons (Fsp3) is 0.500. The van der Waals surface area contributed by atoms with Crippen LogP contribution in [0.1, 0.15) is 69.9 Å². The first kappa shape index (κ1) is 26.4. The number of amides is 2. The highest BCUT2D eigenvalue weighted by atomic mass is 35.5. The van der Waals surface area contributed by atoms with E-state index in [0.717, 1.165) is 5.56 Å². The molecule has 4 unspecified atom stereocenters. The summed E-state index contributed by atoms with van der Waals surface area (Å²) in [5.74, 6) is -2.15. The van der Waals surface area contributed by atoms with Crippen molar-refractivity contribution in [2.45, 2.75) is 82.0 Å². The summed E-state index contributed by atoms with van der Waals surface area (Å²) in [6.07, 6.45) is 1.32. The van der Waals surface area contributed by atoms with E-state index < -0.39 is 34.8 Å². The number of carbonyl (C=O) groups is 2. The molecule has 2 aromatic carbocycles. The molecule has 2 aliphatic heterocycles. The maximum atomic E-state index is 14.7. The average molecular weight is 548 g/mol. The van der Waals surface area contributed by atoms with E-state index in [1.807, 2.05) is 26.8 Å².